The molecule has 0 unspecified atom stereocenters. The zero-order valence-corrected chi connectivity index (χ0v) is 7.26. The van der Waals surface area contributed by atoms with Gasteiger partial charge in [-0.1, -0.05) is 19.8 Å². The molecular formula is C7H11ClN2O. The molecule has 0 amide bonds. The minimum absolute atomic E-state index is 0.205. The third kappa shape index (κ3) is 2.89. The van der Waals surface area contributed by atoms with Crippen LogP contribution in [0.25, 0.3) is 0 Å². The van der Waals surface area contributed by atoms with Crippen LogP contribution in [0.2, 0.25) is 5.28 Å². The first-order valence-electron chi connectivity index (χ1n) is 3.81. The van der Waals surface area contributed by atoms with Gasteiger partial charge in [0, 0.05) is 6.42 Å². The first-order chi connectivity index (χ1) is 5.33. The fourth-order valence-electron chi connectivity index (χ4n) is 0.862. The molecule has 1 aromatic rings. The van der Waals surface area contributed by atoms with Gasteiger partial charge in [0.15, 0.2) is 0 Å². The largest absolute Gasteiger partial charge is 0.338 e. The quantitative estimate of drug-likeness (QED) is 0.659. The lowest BCUT2D eigenvalue weighted by Gasteiger charge is -1.90. The maximum atomic E-state index is 5.46. The lowest BCUT2D eigenvalue weighted by Crippen LogP contribution is -1.84. The van der Waals surface area contributed by atoms with Gasteiger partial charge in [-0.2, -0.15) is 4.98 Å². The van der Waals surface area contributed by atoms with Crippen LogP contribution < -0.4 is 0 Å². The summed E-state index contributed by atoms with van der Waals surface area (Å²) in [7, 11) is 0. The fourth-order valence-corrected chi connectivity index (χ4v) is 0.991. The molecule has 0 aliphatic rings. The van der Waals surface area contributed by atoms with Gasteiger partial charge < -0.3 is 4.52 Å². The van der Waals surface area contributed by atoms with Gasteiger partial charge >= 0.3 is 0 Å². The summed E-state index contributed by atoms with van der Waals surface area (Å²) in [6, 6.07) is 0. The number of nitrogens with zero attached hydrogens (tertiary/aromatic N) is 2. The number of hydrogen-bond acceptors (Lipinski definition) is 3. The Morgan fingerprint density at radius 3 is 2.82 bits per heavy atom. The molecule has 11 heavy (non-hydrogen) atoms. The van der Waals surface area contributed by atoms with E-state index >= 15 is 0 Å². The van der Waals surface area contributed by atoms with Crippen LogP contribution in [0.5, 0.6) is 0 Å². The molecule has 4 heteroatoms. The van der Waals surface area contributed by atoms with Crippen molar-refractivity contribution < 1.29 is 4.52 Å². The second-order valence-electron chi connectivity index (χ2n) is 2.41. The van der Waals surface area contributed by atoms with Crippen molar-refractivity contribution in [1.82, 2.24) is 10.1 Å². The summed E-state index contributed by atoms with van der Waals surface area (Å²) >= 11 is 5.46. The van der Waals surface area contributed by atoms with Crippen molar-refractivity contribution in [3.63, 3.8) is 0 Å². The van der Waals surface area contributed by atoms with Gasteiger partial charge in [-0.25, -0.2) is 0 Å². The SMILES string of the molecule is CCCCCc1nc(Cl)no1. The first-order valence-corrected chi connectivity index (χ1v) is 4.19. The minimum atomic E-state index is 0.205. The third-order valence-electron chi connectivity index (χ3n) is 1.44. The number of halogens is 1. The monoisotopic (exact) mass is 174 g/mol. The molecule has 62 valence electrons. The number of aromatic nitrogens is 2. The molecule has 0 atom stereocenters. The Labute approximate surface area is 70.7 Å². The van der Waals surface area contributed by atoms with Crippen molar-refractivity contribution in [3.05, 3.63) is 11.2 Å². The highest BCUT2D eigenvalue weighted by Gasteiger charge is 2.01. The van der Waals surface area contributed by atoms with E-state index in [0.29, 0.717) is 5.89 Å². The van der Waals surface area contributed by atoms with Gasteiger partial charge in [0.1, 0.15) is 0 Å². The van der Waals surface area contributed by atoms with E-state index in [1.54, 1.807) is 0 Å². The van der Waals surface area contributed by atoms with Crippen molar-refractivity contribution in [2.75, 3.05) is 0 Å². The summed E-state index contributed by atoms with van der Waals surface area (Å²) in [5.41, 5.74) is 0. The Bertz CT molecular complexity index is 212. The standard InChI is InChI=1S/C7H11ClN2O/c1-2-3-4-5-6-9-7(8)10-11-6/h2-5H2,1H3. The number of hydrogen-bond donors (Lipinski definition) is 0. The van der Waals surface area contributed by atoms with Gasteiger partial charge in [0.05, 0.1) is 0 Å². The Kier molecular flexibility index (Phi) is 3.36. The van der Waals surface area contributed by atoms with Crippen LogP contribution in [0.3, 0.4) is 0 Å². The van der Waals surface area contributed by atoms with Crippen molar-refractivity contribution >= 4 is 11.6 Å². The topological polar surface area (TPSA) is 38.9 Å². The second-order valence-corrected chi connectivity index (χ2v) is 2.75. The van der Waals surface area contributed by atoms with E-state index in [2.05, 4.69) is 17.1 Å². The molecule has 0 aliphatic heterocycles. The first kappa shape index (κ1) is 8.53. The van der Waals surface area contributed by atoms with E-state index in [9.17, 15) is 0 Å². The molecule has 0 bridgehead atoms. The third-order valence-corrected chi connectivity index (χ3v) is 1.59. The predicted molar refractivity (Wildman–Crippen MR) is 42.5 cm³/mol. The van der Waals surface area contributed by atoms with Crippen LogP contribution in [0.4, 0.5) is 0 Å². The molecular weight excluding hydrogens is 164 g/mol. The summed E-state index contributed by atoms with van der Waals surface area (Å²) in [6.07, 6.45) is 4.32. The molecule has 0 aromatic carbocycles. The van der Waals surface area contributed by atoms with Gasteiger partial charge in [0.2, 0.25) is 5.89 Å². The molecule has 3 nitrogen and oxygen atoms in total. The Morgan fingerprint density at radius 1 is 1.45 bits per heavy atom. The van der Waals surface area contributed by atoms with Crippen molar-refractivity contribution in [2.24, 2.45) is 0 Å². The Balaban J connectivity index is 2.27. The van der Waals surface area contributed by atoms with Crippen LogP contribution in [0.1, 0.15) is 32.1 Å². The second kappa shape index (κ2) is 4.34. The highest BCUT2D eigenvalue weighted by molar-refractivity contribution is 6.28. The lowest BCUT2D eigenvalue weighted by atomic mass is 10.2. The average molecular weight is 175 g/mol. The molecule has 0 N–H and O–H groups in total. The summed E-state index contributed by atoms with van der Waals surface area (Å²) < 4.78 is 4.82. The Morgan fingerprint density at radius 2 is 2.27 bits per heavy atom. The predicted octanol–water partition coefficient (Wildman–Crippen LogP) is 2.46. The number of unbranched alkanes of at least 4 members (excludes halogenated alkanes) is 2. The average Bonchev–Trinajstić information content (AvgIpc) is 2.37. The van der Waals surface area contributed by atoms with Crippen molar-refractivity contribution in [3.8, 4) is 0 Å². The normalized spacial score (nSPS) is 10.4. The van der Waals surface area contributed by atoms with E-state index in [0.717, 1.165) is 12.8 Å². The summed E-state index contributed by atoms with van der Waals surface area (Å²) in [5, 5.41) is 3.68. The van der Waals surface area contributed by atoms with Crippen molar-refractivity contribution in [1.29, 1.82) is 0 Å². The van der Waals surface area contributed by atoms with Crippen LogP contribution >= 0.6 is 11.6 Å². The minimum Gasteiger partial charge on any atom is -0.338 e. The zero-order valence-electron chi connectivity index (χ0n) is 6.51. The maximum Gasteiger partial charge on any atom is 0.263 e. The van der Waals surface area contributed by atoms with Crippen LogP contribution in [0, 0.1) is 0 Å². The van der Waals surface area contributed by atoms with Crippen molar-refractivity contribution in [2.45, 2.75) is 32.6 Å². The number of aryl methyl sites for hydroxylation is 1. The molecule has 0 aliphatic carbocycles. The fraction of sp³-hybridized carbons (Fsp3) is 0.714. The lowest BCUT2D eigenvalue weighted by molar-refractivity contribution is 0.373. The summed E-state index contributed by atoms with van der Waals surface area (Å²) in [4.78, 5) is 3.87. The number of rotatable bonds is 4. The molecule has 0 fully saturated rings. The molecule has 1 aromatic heterocycles. The smallest absolute Gasteiger partial charge is 0.263 e. The molecule has 0 spiro atoms. The van der Waals surface area contributed by atoms with Crippen LogP contribution in [-0.4, -0.2) is 10.1 Å². The van der Waals surface area contributed by atoms with E-state index in [1.807, 2.05) is 0 Å². The molecule has 0 saturated carbocycles. The van der Waals surface area contributed by atoms with Gasteiger partial charge in [-0.05, 0) is 23.2 Å². The van der Waals surface area contributed by atoms with E-state index < -0.39 is 0 Å². The molecule has 0 saturated heterocycles. The van der Waals surface area contributed by atoms with Gasteiger partial charge in [-0.15, -0.1) is 0 Å². The Hall–Kier alpha value is -0.570. The molecule has 1 rings (SSSR count). The van der Waals surface area contributed by atoms with E-state index in [4.69, 9.17) is 16.1 Å². The highest BCUT2D eigenvalue weighted by Crippen LogP contribution is 2.06. The van der Waals surface area contributed by atoms with Crippen LogP contribution in [0.15, 0.2) is 4.52 Å². The summed E-state index contributed by atoms with van der Waals surface area (Å²) in [6.45, 7) is 2.15. The van der Waals surface area contributed by atoms with E-state index in [-0.39, 0.29) is 5.28 Å². The molecule has 0 radical (unpaired) electrons. The summed E-state index contributed by atoms with van der Waals surface area (Å²) in [5.74, 6) is 0.642. The van der Waals surface area contributed by atoms with Gasteiger partial charge in [-0.3, -0.25) is 0 Å². The maximum absolute atomic E-state index is 5.46. The molecule has 1 heterocycles. The van der Waals surface area contributed by atoms with Crippen LogP contribution in [-0.2, 0) is 6.42 Å². The van der Waals surface area contributed by atoms with Gasteiger partial charge in [0.25, 0.3) is 5.28 Å². The van der Waals surface area contributed by atoms with E-state index in [1.165, 1.54) is 12.8 Å². The zero-order chi connectivity index (χ0) is 8.10. The highest BCUT2D eigenvalue weighted by atomic mass is 35.5.